The summed E-state index contributed by atoms with van der Waals surface area (Å²) < 4.78 is 29.0. The van der Waals surface area contributed by atoms with Crippen molar-refractivity contribution in [3.05, 3.63) is 58.0 Å². The monoisotopic (exact) mass is 457 g/mol. The van der Waals surface area contributed by atoms with Crippen molar-refractivity contribution in [2.45, 2.75) is 50.8 Å². The second-order valence-corrected chi connectivity index (χ2v) is 11.3. The molecule has 0 atom stereocenters. The predicted octanol–water partition coefficient (Wildman–Crippen LogP) is 4.00. The van der Waals surface area contributed by atoms with Crippen LogP contribution in [-0.4, -0.2) is 29.2 Å². The van der Waals surface area contributed by atoms with Gasteiger partial charge in [-0.1, -0.05) is 46.2 Å². The maximum Gasteiger partial charge on any atom is 0.328 e. The van der Waals surface area contributed by atoms with Crippen molar-refractivity contribution in [3.8, 4) is 0 Å². The van der Waals surface area contributed by atoms with Crippen LogP contribution in [-0.2, 0) is 29.3 Å². The highest BCUT2D eigenvalue weighted by molar-refractivity contribution is 7.91. The Morgan fingerprint density at radius 1 is 1.00 bits per heavy atom. The van der Waals surface area contributed by atoms with Crippen LogP contribution >= 0.6 is 0 Å². The minimum absolute atomic E-state index is 0.0271. The van der Waals surface area contributed by atoms with Crippen LogP contribution in [0.15, 0.2) is 46.1 Å². The van der Waals surface area contributed by atoms with Crippen LogP contribution in [0.1, 0.15) is 56.5 Å². The van der Waals surface area contributed by atoms with Crippen LogP contribution in [0.25, 0.3) is 11.0 Å². The molecule has 1 aromatic heterocycles. The maximum atomic E-state index is 13.1. The number of nitrogens with zero attached hydrogens (tertiary/aromatic N) is 2. The van der Waals surface area contributed by atoms with Crippen molar-refractivity contribution in [3.63, 3.8) is 0 Å². The van der Waals surface area contributed by atoms with E-state index in [1.807, 2.05) is 19.1 Å². The third-order valence-electron chi connectivity index (χ3n) is 5.74. The number of carbonyl (C=O) groups excluding carboxylic acids is 1. The molecule has 3 rings (SSSR count). The highest BCUT2D eigenvalue weighted by Gasteiger charge is 2.23. The molecule has 1 amide bonds. The molecule has 0 aliphatic rings. The summed E-state index contributed by atoms with van der Waals surface area (Å²) in [4.78, 5) is 25.4. The van der Waals surface area contributed by atoms with E-state index in [4.69, 9.17) is 0 Å². The predicted molar refractivity (Wildman–Crippen MR) is 128 cm³/mol. The molecule has 0 saturated carbocycles. The van der Waals surface area contributed by atoms with Gasteiger partial charge in [-0.25, -0.2) is 13.2 Å². The van der Waals surface area contributed by atoms with E-state index in [1.165, 1.54) is 15.2 Å². The fourth-order valence-electron chi connectivity index (χ4n) is 3.64. The molecule has 0 bridgehead atoms. The Morgan fingerprint density at radius 3 is 2.09 bits per heavy atom. The first-order valence-corrected chi connectivity index (χ1v) is 12.4. The van der Waals surface area contributed by atoms with Gasteiger partial charge in [-0.2, -0.15) is 0 Å². The second kappa shape index (κ2) is 8.58. The average Bonchev–Trinajstić information content (AvgIpc) is 2.95. The number of imidazole rings is 1. The minimum atomic E-state index is -3.66. The highest BCUT2D eigenvalue weighted by atomic mass is 32.2. The number of benzene rings is 2. The van der Waals surface area contributed by atoms with Gasteiger partial charge < -0.3 is 5.32 Å². The van der Waals surface area contributed by atoms with Gasteiger partial charge in [-0.15, -0.1) is 0 Å². The number of fused-ring (bicyclic) bond motifs is 1. The summed E-state index contributed by atoms with van der Waals surface area (Å²) in [5, 5.41) is 2.77. The number of hydrogen-bond donors (Lipinski definition) is 1. The van der Waals surface area contributed by atoms with E-state index in [-0.39, 0.29) is 27.4 Å². The van der Waals surface area contributed by atoms with Crippen molar-refractivity contribution in [2.75, 3.05) is 11.1 Å². The quantitative estimate of drug-likeness (QED) is 0.606. The molecule has 7 nitrogen and oxygen atoms in total. The summed E-state index contributed by atoms with van der Waals surface area (Å²) in [6.45, 7) is 8.20. The van der Waals surface area contributed by atoms with Gasteiger partial charge in [0.15, 0.2) is 9.84 Å². The Balaban J connectivity index is 2.09. The topological polar surface area (TPSA) is 90.2 Å². The van der Waals surface area contributed by atoms with Crippen molar-refractivity contribution < 1.29 is 13.2 Å². The molecule has 0 unspecified atom stereocenters. The summed E-state index contributed by atoms with van der Waals surface area (Å²) in [6, 6.07) is 10.3. The molecule has 0 spiro atoms. The van der Waals surface area contributed by atoms with Crippen LogP contribution in [0.4, 0.5) is 5.69 Å². The highest BCUT2D eigenvalue weighted by Crippen LogP contribution is 2.29. The number of unbranched alkanes of at least 4 members (excludes halogenated alkanes) is 1. The number of aryl methyl sites for hydroxylation is 2. The van der Waals surface area contributed by atoms with Gasteiger partial charge in [0, 0.05) is 19.7 Å². The number of carbonyl (C=O) groups is 1. The number of hydrogen-bond acceptors (Lipinski definition) is 4. The number of amides is 1. The van der Waals surface area contributed by atoms with Crippen LogP contribution in [0, 0.1) is 0 Å². The summed E-state index contributed by atoms with van der Waals surface area (Å²) in [5.74, 6) is -0.434. The average molecular weight is 458 g/mol. The van der Waals surface area contributed by atoms with Crippen LogP contribution in [0.5, 0.6) is 0 Å². The van der Waals surface area contributed by atoms with Crippen molar-refractivity contribution in [1.29, 1.82) is 0 Å². The van der Waals surface area contributed by atoms with Crippen molar-refractivity contribution >= 4 is 32.5 Å². The minimum Gasteiger partial charge on any atom is -0.321 e. The molecule has 0 aliphatic carbocycles. The summed E-state index contributed by atoms with van der Waals surface area (Å²) in [6.07, 6.45) is 1.24. The van der Waals surface area contributed by atoms with Crippen LogP contribution in [0.2, 0.25) is 0 Å². The Labute approximate surface area is 189 Å². The molecular weight excluding hydrogens is 426 g/mol. The van der Waals surface area contributed by atoms with Gasteiger partial charge in [-0.3, -0.25) is 13.9 Å². The summed E-state index contributed by atoms with van der Waals surface area (Å²) in [7, 11) is -0.441. The number of rotatable bonds is 6. The van der Waals surface area contributed by atoms with E-state index in [0.29, 0.717) is 23.0 Å². The lowest BCUT2D eigenvalue weighted by Crippen LogP contribution is -2.19. The van der Waals surface area contributed by atoms with Gasteiger partial charge in [0.2, 0.25) is 0 Å². The molecular formula is C24H31N3O4S. The number of nitrogens with one attached hydrogen (secondary N) is 1. The van der Waals surface area contributed by atoms with Gasteiger partial charge in [0.1, 0.15) is 0 Å². The SMILES string of the molecule is CCCCS(=O)(=O)c1cc2c(cc1NC(=O)c1ccc(C(C)(C)C)cc1)n(C)c(=O)n2C. The first kappa shape index (κ1) is 23.8. The number of sulfone groups is 1. The lowest BCUT2D eigenvalue weighted by atomic mass is 9.87. The zero-order valence-electron chi connectivity index (χ0n) is 19.5. The molecule has 2 aromatic carbocycles. The maximum absolute atomic E-state index is 13.1. The van der Waals surface area contributed by atoms with Crippen molar-refractivity contribution in [1.82, 2.24) is 9.13 Å². The molecule has 0 aliphatic heterocycles. The molecule has 0 saturated heterocycles. The molecule has 32 heavy (non-hydrogen) atoms. The largest absolute Gasteiger partial charge is 0.328 e. The standard InChI is InChI=1S/C24H31N3O4S/c1-7-8-13-32(30,31)21-15-20-19(26(5)23(29)27(20)6)14-18(21)25-22(28)16-9-11-17(12-10-16)24(2,3)4/h9-12,14-15H,7-8,13H2,1-6H3,(H,25,28). The fourth-order valence-corrected chi connectivity index (χ4v) is 5.27. The van der Waals surface area contributed by atoms with E-state index in [9.17, 15) is 18.0 Å². The fraction of sp³-hybridized carbons (Fsp3) is 0.417. The number of aromatic nitrogens is 2. The molecule has 8 heteroatoms. The Hall–Kier alpha value is -2.87. The van der Waals surface area contributed by atoms with E-state index >= 15 is 0 Å². The normalized spacial score (nSPS) is 12.3. The van der Waals surface area contributed by atoms with Gasteiger partial charge in [0.05, 0.1) is 27.4 Å². The van der Waals surface area contributed by atoms with E-state index in [1.54, 1.807) is 32.3 Å². The molecule has 0 fully saturated rings. The molecule has 1 heterocycles. The van der Waals surface area contributed by atoms with E-state index in [2.05, 4.69) is 26.1 Å². The molecule has 1 N–H and O–H groups in total. The smallest absolute Gasteiger partial charge is 0.321 e. The molecule has 3 aromatic rings. The number of anilines is 1. The lowest BCUT2D eigenvalue weighted by Gasteiger charge is -2.19. The lowest BCUT2D eigenvalue weighted by molar-refractivity contribution is 0.102. The van der Waals surface area contributed by atoms with Crippen molar-refractivity contribution in [2.24, 2.45) is 14.1 Å². The van der Waals surface area contributed by atoms with Gasteiger partial charge in [0.25, 0.3) is 5.91 Å². The van der Waals surface area contributed by atoms with Crippen LogP contribution < -0.4 is 11.0 Å². The third-order valence-corrected chi connectivity index (χ3v) is 7.57. The van der Waals surface area contributed by atoms with Gasteiger partial charge >= 0.3 is 5.69 Å². The Kier molecular flexibility index (Phi) is 6.38. The van der Waals surface area contributed by atoms with E-state index in [0.717, 1.165) is 12.0 Å². The van der Waals surface area contributed by atoms with Crippen LogP contribution in [0.3, 0.4) is 0 Å². The third kappa shape index (κ3) is 4.50. The Morgan fingerprint density at radius 2 is 1.56 bits per heavy atom. The Bertz CT molecular complexity index is 1320. The van der Waals surface area contributed by atoms with Gasteiger partial charge in [-0.05, 0) is 41.7 Å². The summed E-state index contributed by atoms with van der Waals surface area (Å²) >= 11 is 0. The second-order valence-electron chi connectivity index (χ2n) is 9.19. The molecule has 172 valence electrons. The molecule has 0 radical (unpaired) electrons. The summed E-state index contributed by atoms with van der Waals surface area (Å²) in [5.41, 5.74) is 2.44. The first-order valence-electron chi connectivity index (χ1n) is 10.7. The zero-order chi connectivity index (χ0) is 23.8. The van der Waals surface area contributed by atoms with E-state index < -0.39 is 15.7 Å². The first-order chi connectivity index (χ1) is 14.9. The zero-order valence-corrected chi connectivity index (χ0v) is 20.3.